The van der Waals surface area contributed by atoms with Crippen molar-refractivity contribution in [1.29, 1.82) is 0 Å². The maximum atomic E-state index is 11.9. The van der Waals surface area contributed by atoms with E-state index in [4.69, 9.17) is 9.15 Å². The maximum absolute atomic E-state index is 11.9. The topological polar surface area (TPSA) is 39.4 Å². The van der Waals surface area contributed by atoms with Crippen molar-refractivity contribution < 1.29 is 13.9 Å². The third-order valence-electron chi connectivity index (χ3n) is 2.89. The van der Waals surface area contributed by atoms with E-state index in [1.54, 1.807) is 12.3 Å². The van der Waals surface area contributed by atoms with E-state index < -0.39 is 0 Å². The minimum Gasteiger partial charge on any atom is -0.467 e. The first-order valence-electron chi connectivity index (χ1n) is 5.87. The molecule has 0 aliphatic rings. The minimum absolute atomic E-state index is 0.00958. The summed E-state index contributed by atoms with van der Waals surface area (Å²) in [5.41, 5.74) is 2.99. The van der Waals surface area contributed by atoms with Crippen LogP contribution in [-0.2, 0) is 11.3 Å². The van der Waals surface area contributed by atoms with Gasteiger partial charge in [0.1, 0.15) is 19.0 Å². The van der Waals surface area contributed by atoms with E-state index in [2.05, 4.69) is 0 Å². The zero-order valence-corrected chi connectivity index (χ0v) is 10.6. The largest absolute Gasteiger partial charge is 0.467 e. The molecular weight excluding hydrogens is 228 g/mol. The molecule has 0 aliphatic heterocycles. The fourth-order valence-corrected chi connectivity index (χ4v) is 1.64. The predicted octanol–water partition coefficient (Wildman–Crippen LogP) is 3.30. The van der Waals surface area contributed by atoms with Gasteiger partial charge in [0, 0.05) is 5.56 Å². The molecule has 0 amide bonds. The molecule has 0 aliphatic carbocycles. The molecule has 0 unspecified atom stereocenters. The highest BCUT2D eigenvalue weighted by Gasteiger charge is 2.07. The lowest BCUT2D eigenvalue weighted by atomic mass is 10.0. The fourth-order valence-electron chi connectivity index (χ4n) is 1.64. The number of carbonyl (C=O) groups excluding carboxylic acids is 1. The van der Waals surface area contributed by atoms with Gasteiger partial charge in [0.2, 0.25) is 0 Å². The molecule has 0 radical (unpaired) electrons. The van der Waals surface area contributed by atoms with Gasteiger partial charge in [-0.15, -0.1) is 0 Å². The lowest BCUT2D eigenvalue weighted by molar-refractivity contribution is 0.0691. The molecule has 2 aromatic rings. The standard InChI is InChI=1S/C15H16O3/c1-11-5-6-13(8-12(11)2)15(16)10-17-9-14-4-3-7-18-14/h3-8H,9-10H2,1-2H3. The predicted molar refractivity (Wildman–Crippen MR) is 68.6 cm³/mol. The molecular formula is C15H16O3. The van der Waals surface area contributed by atoms with Crippen LogP contribution in [0.4, 0.5) is 0 Å². The monoisotopic (exact) mass is 244 g/mol. The number of hydrogen-bond donors (Lipinski definition) is 0. The van der Waals surface area contributed by atoms with Crippen LogP contribution in [0.25, 0.3) is 0 Å². The van der Waals surface area contributed by atoms with Gasteiger partial charge < -0.3 is 9.15 Å². The number of Topliss-reactive ketones (excluding diaryl/α,β-unsaturated/α-hetero) is 1. The van der Waals surface area contributed by atoms with Gasteiger partial charge >= 0.3 is 0 Å². The Kier molecular flexibility index (Phi) is 3.95. The summed E-state index contributed by atoms with van der Waals surface area (Å²) in [6, 6.07) is 9.30. The molecule has 3 nitrogen and oxygen atoms in total. The molecule has 0 bridgehead atoms. The van der Waals surface area contributed by atoms with Crippen molar-refractivity contribution in [2.75, 3.05) is 6.61 Å². The van der Waals surface area contributed by atoms with Crippen molar-refractivity contribution in [2.24, 2.45) is 0 Å². The SMILES string of the molecule is Cc1ccc(C(=O)COCc2ccco2)cc1C. The Bertz CT molecular complexity index is 527. The van der Waals surface area contributed by atoms with Gasteiger partial charge in [-0.05, 0) is 43.2 Å². The first-order chi connectivity index (χ1) is 8.66. The summed E-state index contributed by atoms with van der Waals surface area (Å²) in [5.74, 6) is 0.715. The van der Waals surface area contributed by atoms with Gasteiger partial charge in [-0.1, -0.05) is 12.1 Å². The molecule has 3 heteroatoms. The molecule has 0 spiro atoms. The number of ether oxygens (including phenoxy) is 1. The van der Waals surface area contributed by atoms with Gasteiger partial charge in [0.25, 0.3) is 0 Å². The van der Waals surface area contributed by atoms with Crippen LogP contribution >= 0.6 is 0 Å². The molecule has 1 heterocycles. The quantitative estimate of drug-likeness (QED) is 0.757. The number of carbonyl (C=O) groups is 1. The molecule has 0 saturated carbocycles. The molecule has 1 aromatic heterocycles. The Morgan fingerprint density at radius 1 is 1.22 bits per heavy atom. The second kappa shape index (κ2) is 5.65. The van der Waals surface area contributed by atoms with E-state index in [0.717, 1.165) is 11.3 Å². The number of benzene rings is 1. The smallest absolute Gasteiger partial charge is 0.188 e. The van der Waals surface area contributed by atoms with E-state index in [0.29, 0.717) is 12.2 Å². The Labute approximate surface area is 106 Å². The van der Waals surface area contributed by atoms with Crippen molar-refractivity contribution >= 4 is 5.78 Å². The van der Waals surface area contributed by atoms with Gasteiger partial charge in [0.05, 0.1) is 6.26 Å². The number of rotatable bonds is 5. The fraction of sp³-hybridized carbons (Fsp3) is 0.267. The van der Waals surface area contributed by atoms with Crippen molar-refractivity contribution in [3.63, 3.8) is 0 Å². The van der Waals surface area contributed by atoms with Crippen LogP contribution in [0.3, 0.4) is 0 Å². The summed E-state index contributed by atoms with van der Waals surface area (Å²) in [5, 5.41) is 0. The van der Waals surface area contributed by atoms with Crippen molar-refractivity contribution in [1.82, 2.24) is 0 Å². The van der Waals surface area contributed by atoms with Gasteiger partial charge in [-0.25, -0.2) is 0 Å². The summed E-state index contributed by atoms with van der Waals surface area (Å²) in [6.07, 6.45) is 1.59. The van der Waals surface area contributed by atoms with Crippen LogP contribution in [0, 0.1) is 13.8 Å². The molecule has 0 fully saturated rings. The van der Waals surface area contributed by atoms with E-state index in [1.807, 2.05) is 38.1 Å². The Hall–Kier alpha value is -1.87. The van der Waals surface area contributed by atoms with Crippen LogP contribution in [0.2, 0.25) is 0 Å². The van der Waals surface area contributed by atoms with Crippen molar-refractivity contribution in [2.45, 2.75) is 20.5 Å². The van der Waals surface area contributed by atoms with Crippen LogP contribution in [0.15, 0.2) is 41.0 Å². The molecule has 2 rings (SSSR count). The maximum Gasteiger partial charge on any atom is 0.188 e. The molecule has 94 valence electrons. The first-order valence-corrected chi connectivity index (χ1v) is 5.87. The zero-order chi connectivity index (χ0) is 13.0. The third-order valence-corrected chi connectivity index (χ3v) is 2.89. The average molecular weight is 244 g/mol. The number of aryl methyl sites for hydroxylation is 2. The average Bonchev–Trinajstić information content (AvgIpc) is 2.85. The lowest BCUT2D eigenvalue weighted by Gasteiger charge is -2.05. The lowest BCUT2D eigenvalue weighted by Crippen LogP contribution is -2.09. The van der Waals surface area contributed by atoms with Crippen molar-refractivity contribution in [3.05, 3.63) is 59.0 Å². The van der Waals surface area contributed by atoms with Gasteiger partial charge in [-0.3, -0.25) is 4.79 Å². The summed E-state index contributed by atoms with van der Waals surface area (Å²) >= 11 is 0. The summed E-state index contributed by atoms with van der Waals surface area (Å²) < 4.78 is 10.4. The van der Waals surface area contributed by atoms with Gasteiger partial charge in [-0.2, -0.15) is 0 Å². The van der Waals surface area contributed by atoms with E-state index in [9.17, 15) is 4.79 Å². The summed E-state index contributed by atoms with van der Waals surface area (Å²) in [4.78, 5) is 11.9. The normalized spacial score (nSPS) is 10.6. The van der Waals surface area contributed by atoms with Gasteiger partial charge in [0.15, 0.2) is 5.78 Å². The summed E-state index contributed by atoms with van der Waals surface area (Å²) in [6.45, 7) is 4.42. The van der Waals surface area contributed by atoms with E-state index >= 15 is 0 Å². The highest BCUT2D eigenvalue weighted by Crippen LogP contribution is 2.11. The molecule has 0 atom stereocenters. The first kappa shape index (κ1) is 12.6. The second-order valence-electron chi connectivity index (χ2n) is 4.29. The molecule has 0 N–H and O–H groups in total. The van der Waals surface area contributed by atoms with Crippen LogP contribution < -0.4 is 0 Å². The third kappa shape index (κ3) is 3.08. The van der Waals surface area contributed by atoms with Crippen molar-refractivity contribution in [3.8, 4) is 0 Å². The minimum atomic E-state index is -0.00958. The second-order valence-corrected chi connectivity index (χ2v) is 4.29. The van der Waals surface area contributed by atoms with E-state index in [-0.39, 0.29) is 12.4 Å². The highest BCUT2D eigenvalue weighted by atomic mass is 16.5. The molecule has 0 saturated heterocycles. The molecule has 18 heavy (non-hydrogen) atoms. The Balaban J connectivity index is 1.89. The number of furan rings is 1. The van der Waals surface area contributed by atoms with Crippen LogP contribution in [-0.4, -0.2) is 12.4 Å². The number of ketones is 1. The van der Waals surface area contributed by atoms with Crippen LogP contribution in [0.1, 0.15) is 27.2 Å². The molecule has 1 aromatic carbocycles. The number of hydrogen-bond acceptors (Lipinski definition) is 3. The zero-order valence-electron chi connectivity index (χ0n) is 10.6. The van der Waals surface area contributed by atoms with E-state index in [1.165, 1.54) is 5.56 Å². The Morgan fingerprint density at radius 3 is 2.72 bits per heavy atom. The summed E-state index contributed by atoms with van der Waals surface area (Å²) in [7, 11) is 0. The Morgan fingerprint density at radius 2 is 2.06 bits per heavy atom. The van der Waals surface area contributed by atoms with Crippen LogP contribution in [0.5, 0.6) is 0 Å². The highest BCUT2D eigenvalue weighted by molar-refractivity contribution is 5.97.